The highest BCUT2D eigenvalue weighted by molar-refractivity contribution is 6.37. The first-order valence-electron chi connectivity index (χ1n) is 5.26. The average Bonchev–Trinajstić information content (AvgIpc) is 2.25. The normalized spacial score (nSPS) is 17.1. The van der Waals surface area contributed by atoms with E-state index in [0.29, 0.717) is 26.0 Å². The molecule has 1 aliphatic heterocycles. The molecule has 0 unspecified atom stereocenters. The van der Waals surface area contributed by atoms with Gasteiger partial charge in [-0.25, -0.2) is 0 Å². The summed E-state index contributed by atoms with van der Waals surface area (Å²) in [6.07, 6.45) is 3.46. The van der Waals surface area contributed by atoms with Crippen LogP contribution in [0.15, 0.2) is 0 Å². The summed E-state index contributed by atoms with van der Waals surface area (Å²) in [6.45, 7) is 3.48. The SMILES string of the molecule is CCCCCN1CCN(C=O)C(=O)C1=O. The summed E-state index contributed by atoms with van der Waals surface area (Å²) in [4.78, 5) is 35.6. The van der Waals surface area contributed by atoms with Crippen molar-refractivity contribution in [3.8, 4) is 0 Å². The smallest absolute Gasteiger partial charge is 0.318 e. The van der Waals surface area contributed by atoms with E-state index in [-0.39, 0.29) is 0 Å². The summed E-state index contributed by atoms with van der Waals surface area (Å²) in [5, 5.41) is 0. The van der Waals surface area contributed by atoms with E-state index in [2.05, 4.69) is 6.92 Å². The van der Waals surface area contributed by atoms with E-state index in [1.807, 2.05) is 0 Å². The number of carbonyl (C=O) groups is 3. The molecule has 0 spiro atoms. The number of imide groups is 1. The minimum atomic E-state index is -0.701. The molecule has 0 bridgehead atoms. The first-order valence-corrected chi connectivity index (χ1v) is 5.26. The van der Waals surface area contributed by atoms with Gasteiger partial charge in [0, 0.05) is 19.6 Å². The molecule has 1 saturated heterocycles. The van der Waals surface area contributed by atoms with Crippen molar-refractivity contribution in [2.75, 3.05) is 19.6 Å². The molecule has 84 valence electrons. The van der Waals surface area contributed by atoms with Crippen molar-refractivity contribution in [1.29, 1.82) is 0 Å². The molecular formula is C10H16N2O3. The number of carbonyl (C=O) groups excluding carboxylic acids is 3. The van der Waals surface area contributed by atoms with Crippen molar-refractivity contribution in [2.24, 2.45) is 0 Å². The standard InChI is InChI=1S/C10H16N2O3/c1-2-3-4-5-11-6-7-12(8-13)10(15)9(11)14/h8H,2-7H2,1H3. The number of nitrogens with zero attached hydrogens (tertiary/aromatic N) is 2. The summed E-state index contributed by atoms with van der Waals surface area (Å²) in [6, 6.07) is 0. The van der Waals surface area contributed by atoms with Gasteiger partial charge in [-0.05, 0) is 6.42 Å². The van der Waals surface area contributed by atoms with Crippen molar-refractivity contribution in [3.63, 3.8) is 0 Å². The van der Waals surface area contributed by atoms with Crippen molar-refractivity contribution < 1.29 is 14.4 Å². The zero-order valence-corrected chi connectivity index (χ0v) is 8.94. The van der Waals surface area contributed by atoms with E-state index in [4.69, 9.17) is 0 Å². The van der Waals surface area contributed by atoms with E-state index in [9.17, 15) is 14.4 Å². The molecule has 5 heteroatoms. The van der Waals surface area contributed by atoms with Gasteiger partial charge in [0.2, 0.25) is 6.41 Å². The summed E-state index contributed by atoms with van der Waals surface area (Å²) in [5.41, 5.74) is 0. The van der Waals surface area contributed by atoms with E-state index in [0.717, 1.165) is 24.2 Å². The third-order valence-electron chi connectivity index (χ3n) is 2.50. The van der Waals surface area contributed by atoms with E-state index in [1.165, 1.54) is 4.90 Å². The second kappa shape index (κ2) is 5.48. The van der Waals surface area contributed by atoms with E-state index in [1.54, 1.807) is 0 Å². The Kier molecular flexibility index (Phi) is 4.27. The lowest BCUT2D eigenvalue weighted by Gasteiger charge is -2.30. The second-order valence-electron chi connectivity index (χ2n) is 3.60. The van der Waals surface area contributed by atoms with Gasteiger partial charge in [-0.15, -0.1) is 0 Å². The Morgan fingerprint density at radius 2 is 1.93 bits per heavy atom. The molecule has 1 heterocycles. The molecule has 1 aliphatic rings. The third kappa shape index (κ3) is 2.78. The van der Waals surface area contributed by atoms with Crippen molar-refractivity contribution >= 4 is 18.2 Å². The summed E-state index contributed by atoms with van der Waals surface area (Å²) in [7, 11) is 0. The third-order valence-corrected chi connectivity index (χ3v) is 2.50. The number of unbranched alkanes of at least 4 members (excludes halogenated alkanes) is 2. The maximum absolute atomic E-state index is 11.5. The number of rotatable bonds is 5. The Hall–Kier alpha value is -1.39. The number of hydrogen-bond donors (Lipinski definition) is 0. The number of piperazine rings is 1. The Morgan fingerprint density at radius 3 is 2.53 bits per heavy atom. The molecule has 3 amide bonds. The Labute approximate surface area is 89.0 Å². The van der Waals surface area contributed by atoms with Gasteiger partial charge in [0.1, 0.15) is 0 Å². The molecule has 0 atom stereocenters. The van der Waals surface area contributed by atoms with Crippen LogP contribution < -0.4 is 0 Å². The van der Waals surface area contributed by atoms with Crippen LogP contribution in [0.5, 0.6) is 0 Å². The molecule has 1 fully saturated rings. The van der Waals surface area contributed by atoms with Gasteiger partial charge in [0.15, 0.2) is 0 Å². The zero-order valence-electron chi connectivity index (χ0n) is 8.94. The lowest BCUT2D eigenvalue weighted by molar-refractivity contribution is -0.158. The highest BCUT2D eigenvalue weighted by atomic mass is 16.2. The van der Waals surface area contributed by atoms with Crippen LogP contribution in [0.1, 0.15) is 26.2 Å². The van der Waals surface area contributed by atoms with Crippen molar-refractivity contribution in [1.82, 2.24) is 9.80 Å². The van der Waals surface area contributed by atoms with Gasteiger partial charge in [0.05, 0.1) is 0 Å². The summed E-state index contributed by atoms with van der Waals surface area (Å²) in [5.74, 6) is -1.25. The fourth-order valence-electron chi connectivity index (χ4n) is 1.56. The minimum Gasteiger partial charge on any atom is -0.333 e. The fraction of sp³-hybridized carbons (Fsp3) is 0.700. The second-order valence-corrected chi connectivity index (χ2v) is 3.60. The van der Waals surface area contributed by atoms with Crippen LogP contribution >= 0.6 is 0 Å². The van der Waals surface area contributed by atoms with Crippen LogP contribution in [-0.2, 0) is 14.4 Å². The molecule has 0 aromatic carbocycles. The molecule has 15 heavy (non-hydrogen) atoms. The maximum atomic E-state index is 11.5. The summed E-state index contributed by atoms with van der Waals surface area (Å²) < 4.78 is 0. The minimum absolute atomic E-state index is 0.320. The first kappa shape index (κ1) is 11.7. The van der Waals surface area contributed by atoms with Crippen LogP contribution in [0.4, 0.5) is 0 Å². The molecule has 5 nitrogen and oxygen atoms in total. The van der Waals surface area contributed by atoms with Crippen LogP contribution in [0.2, 0.25) is 0 Å². The maximum Gasteiger partial charge on any atom is 0.318 e. The Bertz CT molecular complexity index is 265. The first-order chi connectivity index (χ1) is 7.20. The van der Waals surface area contributed by atoms with Crippen molar-refractivity contribution in [2.45, 2.75) is 26.2 Å². The number of hydrogen-bond acceptors (Lipinski definition) is 3. The van der Waals surface area contributed by atoms with Gasteiger partial charge < -0.3 is 4.90 Å². The predicted octanol–water partition coefficient (Wildman–Crippen LogP) is 0.00380. The van der Waals surface area contributed by atoms with Gasteiger partial charge in [0.25, 0.3) is 0 Å². The fourth-order valence-corrected chi connectivity index (χ4v) is 1.56. The molecule has 0 aromatic rings. The van der Waals surface area contributed by atoms with Gasteiger partial charge >= 0.3 is 11.8 Å². The number of amides is 3. The lowest BCUT2D eigenvalue weighted by Crippen LogP contribution is -2.53. The van der Waals surface area contributed by atoms with Crippen LogP contribution in [0.25, 0.3) is 0 Å². The quantitative estimate of drug-likeness (QED) is 0.366. The predicted molar refractivity (Wildman–Crippen MR) is 53.9 cm³/mol. The van der Waals surface area contributed by atoms with E-state index < -0.39 is 11.8 Å². The summed E-state index contributed by atoms with van der Waals surface area (Å²) >= 11 is 0. The van der Waals surface area contributed by atoms with Crippen LogP contribution in [0, 0.1) is 0 Å². The largest absolute Gasteiger partial charge is 0.333 e. The van der Waals surface area contributed by atoms with Gasteiger partial charge in [-0.2, -0.15) is 0 Å². The Morgan fingerprint density at radius 1 is 1.20 bits per heavy atom. The molecule has 0 saturated carbocycles. The zero-order chi connectivity index (χ0) is 11.3. The van der Waals surface area contributed by atoms with E-state index >= 15 is 0 Å². The molecule has 0 aromatic heterocycles. The lowest BCUT2D eigenvalue weighted by atomic mass is 10.2. The van der Waals surface area contributed by atoms with Gasteiger partial charge in [-0.3, -0.25) is 19.3 Å². The van der Waals surface area contributed by atoms with Crippen LogP contribution in [0.3, 0.4) is 0 Å². The highest BCUT2D eigenvalue weighted by Gasteiger charge is 2.31. The average molecular weight is 212 g/mol. The molecule has 0 radical (unpaired) electrons. The Balaban J connectivity index is 2.46. The van der Waals surface area contributed by atoms with Crippen LogP contribution in [-0.4, -0.2) is 47.7 Å². The topological polar surface area (TPSA) is 57.7 Å². The monoisotopic (exact) mass is 212 g/mol. The van der Waals surface area contributed by atoms with Crippen molar-refractivity contribution in [3.05, 3.63) is 0 Å². The molecule has 0 aliphatic carbocycles. The molecule has 0 N–H and O–H groups in total. The molecular weight excluding hydrogens is 196 g/mol. The molecule has 1 rings (SSSR count). The van der Waals surface area contributed by atoms with Gasteiger partial charge in [-0.1, -0.05) is 19.8 Å². The highest BCUT2D eigenvalue weighted by Crippen LogP contribution is 2.05.